The predicted molar refractivity (Wildman–Crippen MR) is 128 cm³/mol. The number of benzene rings is 3. The van der Waals surface area contributed by atoms with Gasteiger partial charge in [-0.15, -0.1) is 0 Å². The molecular formula is C28H27F3N2O. The molecule has 176 valence electrons. The van der Waals surface area contributed by atoms with Gasteiger partial charge >= 0.3 is 0 Å². The number of hydrogen-bond donors (Lipinski definition) is 0. The van der Waals surface area contributed by atoms with Crippen LogP contribution in [0.25, 0.3) is 22.2 Å². The van der Waals surface area contributed by atoms with E-state index < -0.39 is 11.6 Å². The number of hydrogen-bond acceptors (Lipinski definition) is 3. The van der Waals surface area contributed by atoms with Gasteiger partial charge in [0.1, 0.15) is 5.82 Å². The number of unbranched alkanes of at least 4 members (excludes halogenated alkanes) is 3. The lowest BCUT2D eigenvalue weighted by Gasteiger charge is -2.09. The van der Waals surface area contributed by atoms with Gasteiger partial charge in [-0.25, -0.2) is 23.1 Å². The second-order valence-corrected chi connectivity index (χ2v) is 8.37. The van der Waals surface area contributed by atoms with Crippen LogP contribution in [0, 0.1) is 17.5 Å². The Balaban J connectivity index is 1.44. The molecule has 0 aliphatic rings. The monoisotopic (exact) mass is 464 g/mol. The Morgan fingerprint density at radius 1 is 0.794 bits per heavy atom. The molecule has 0 bridgehead atoms. The zero-order chi connectivity index (χ0) is 23.9. The van der Waals surface area contributed by atoms with Crippen LogP contribution >= 0.6 is 0 Å². The molecule has 0 amide bonds. The van der Waals surface area contributed by atoms with Crippen LogP contribution in [-0.4, -0.2) is 16.6 Å². The quantitative estimate of drug-likeness (QED) is 0.229. The highest BCUT2D eigenvalue weighted by molar-refractivity contribution is 5.87. The maximum absolute atomic E-state index is 15.1. The van der Waals surface area contributed by atoms with Gasteiger partial charge in [-0.3, -0.25) is 0 Å². The van der Waals surface area contributed by atoms with E-state index in [0.717, 1.165) is 35.9 Å². The summed E-state index contributed by atoms with van der Waals surface area (Å²) in [5.74, 6) is -0.900. The number of aromatic nitrogens is 2. The molecule has 0 fully saturated rings. The van der Waals surface area contributed by atoms with Crippen LogP contribution in [0.2, 0.25) is 0 Å². The molecule has 34 heavy (non-hydrogen) atoms. The molecule has 0 aliphatic carbocycles. The molecule has 0 radical (unpaired) electrons. The number of nitrogens with zero attached hydrogens (tertiary/aromatic N) is 2. The molecule has 0 saturated heterocycles. The largest absolute Gasteiger partial charge is 0.490 e. The molecule has 0 atom stereocenters. The molecule has 3 aromatic carbocycles. The van der Waals surface area contributed by atoms with Gasteiger partial charge in [0, 0.05) is 10.9 Å². The molecule has 0 unspecified atom stereocenters. The van der Waals surface area contributed by atoms with E-state index in [-0.39, 0.29) is 5.82 Å². The number of rotatable bonds is 10. The zero-order valence-electron chi connectivity index (χ0n) is 19.2. The molecule has 1 heterocycles. The van der Waals surface area contributed by atoms with Gasteiger partial charge in [-0.1, -0.05) is 56.5 Å². The minimum atomic E-state index is -0.891. The highest BCUT2D eigenvalue weighted by Gasteiger charge is 2.11. The van der Waals surface area contributed by atoms with Crippen molar-refractivity contribution in [3.63, 3.8) is 0 Å². The van der Waals surface area contributed by atoms with Gasteiger partial charge in [0.05, 0.1) is 19.0 Å². The van der Waals surface area contributed by atoms with Gasteiger partial charge in [-0.05, 0) is 54.0 Å². The van der Waals surface area contributed by atoms with Crippen molar-refractivity contribution < 1.29 is 17.9 Å². The number of aryl methyl sites for hydroxylation is 2. The fourth-order valence-corrected chi connectivity index (χ4v) is 3.90. The van der Waals surface area contributed by atoms with E-state index in [0.29, 0.717) is 47.5 Å². The Hall–Kier alpha value is -3.41. The summed E-state index contributed by atoms with van der Waals surface area (Å²) in [4.78, 5) is 8.80. The molecule has 3 nitrogen and oxygen atoms in total. The van der Waals surface area contributed by atoms with Crippen LogP contribution in [0.4, 0.5) is 13.2 Å². The lowest BCUT2D eigenvalue weighted by molar-refractivity contribution is 0.303. The van der Waals surface area contributed by atoms with Crippen molar-refractivity contribution in [1.29, 1.82) is 0 Å². The molecule has 1 aromatic heterocycles. The Morgan fingerprint density at radius 2 is 1.62 bits per heavy atom. The minimum absolute atomic E-state index is 0.306. The predicted octanol–water partition coefficient (Wildman–Crippen LogP) is 7.46. The van der Waals surface area contributed by atoms with E-state index in [1.54, 1.807) is 30.6 Å². The summed E-state index contributed by atoms with van der Waals surface area (Å²) in [7, 11) is 0. The van der Waals surface area contributed by atoms with Crippen molar-refractivity contribution in [1.82, 2.24) is 9.97 Å². The van der Waals surface area contributed by atoms with Gasteiger partial charge in [0.25, 0.3) is 0 Å². The zero-order valence-corrected chi connectivity index (χ0v) is 19.2. The van der Waals surface area contributed by atoms with E-state index in [1.165, 1.54) is 18.9 Å². The first kappa shape index (κ1) is 23.7. The summed E-state index contributed by atoms with van der Waals surface area (Å²) < 4.78 is 47.3. The van der Waals surface area contributed by atoms with E-state index in [1.807, 2.05) is 12.1 Å². The summed E-state index contributed by atoms with van der Waals surface area (Å²) in [6, 6.07) is 12.7. The standard InChI is InChI=1S/C28H27F3N2O/c1-2-3-4-5-14-34-23-17-32-28(33-18-23)22-11-12-24-21(16-22)10-9-20(27(24)31)8-6-19-7-13-25(29)26(30)15-19/h7,9-13,15-18H,2-6,8,14H2,1H3. The lowest BCUT2D eigenvalue weighted by atomic mass is 9.99. The Kier molecular flexibility index (Phi) is 7.78. The fourth-order valence-electron chi connectivity index (χ4n) is 3.90. The third-order valence-corrected chi connectivity index (χ3v) is 5.85. The van der Waals surface area contributed by atoms with Crippen molar-refractivity contribution >= 4 is 10.8 Å². The maximum Gasteiger partial charge on any atom is 0.159 e. The number of ether oxygens (including phenoxy) is 1. The normalized spacial score (nSPS) is 11.2. The third-order valence-electron chi connectivity index (χ3n) is 5.85. The SMILES string of the molecule is CCCCCCOc1cnc(-c2ccc3c(F)c(CCc4ccc(F)c(F)c4)ccc3c2)nc1. The summed E-state index contributed by atoms with van der Waals surface area (Å²) in [5.41, 5.74) is 1.94. The summed E-state index contributed by atoms with van der Waals surface area (Å²) >= 11 is 0. The highest BCUT2D eigenvalue weighted by atomic mass is 19.2. The first-order valence-corrected chi connectivity index (χ1v) is 11.7. The summed E-state index contributed by atoms with van der Waals surface area (Å²) in [6.07, 6.45) is 8.67. The van der Waals surface area contributed by atoms with Crippen molar-refractivity contribution in [3.8, 4) is 17.1 Å². The first-order valence-electron chi connectivity index (χ1n) is 11.7. The van der Waals surface area contributed by atoms with E-state index in [2.05, 4.69) is 16.9 Å². The Morgan fingerprint density at radius 3 is 2.38 bits per heavy atom. The molecule has 4 rings (SSSR count). The van der Waals surface area contributed by atoms with Crippen LogP contribution < -0.4 is 4.74 Å². The first-order chi connectivity index (χ1) is 16.5. The summed E-state index contributed by atoms with van der Waals surface area (Å²) in [5, 5.41) is 1.24. The van der Waals surface area contributed by atoms with E-state index in [4.69, 9.17) is 4.74 Å². The van der Waals surface area contributed by atoms with Crippen LogP contribution in [-0.2, 0) is 12.8 Å². The van der Waals surface area contributed by atoms with Crippen LogP contribution in [0.1, 0.15) is 43.7 Å². The smallest absolute Gasteiger partial charge is 0.159 e. The molecule has 4 aromatic rings. The van der Waals surface area contributed by atoms with Gasteiger partial charge < -0.3 is 4.74 Å². The second-order valence-electron chi connectivity index (χ2n) is 8.37. The molecule has 0 spiro atoms. The number of halogens is 3. The fraction of sp³-hybridized carbons (Fsp3) is 0.286. The maximum atomic E-state index is 15.1. The van der Waals surface area contributed by atoms with Crippen LogP contribution in [0.15, 0.2) is 60.9 Å². The molecule has 0 saturated carbocycles. The number of fused-ring (bicyclic) bond motifs is 1. The van der Waals surface area contributed by atoms with E-state index >= 15 is 4.39 Å². The van der Waals surface area contributed by atoms with Crippen molar-refractivity contribution in [3.05, 3.63) is 89.5 Å². The highest BCUT2D eigenvalue weighted by Crippen LogP contribution is 2.27. The molecule has 6 heteroatoms. The Labute approximate surface area is 197 Å². The van der Waals surface area contributed by atoms with Crippen molar-refractivity contribution in [2.45, 2.75) is 45.4 Å². The average molecular weight is 465 g/mol. The molecular weight excluding hydrogens is 437 g/mol. The van der Waals surface area contributed by atoms with Crippen molar-refractivity contribution in [2.24, 2.45) is 0 Å². The van der Waals surface area contributed by atoms with Gasteiger partial charge in [-0.2, -0.15) is 0 Å². The van der Waals surface area contributed by atoms with Crippen molar-refractivity contribution in [2.75, 3.05) is 6.61 Å². The topological polar surface area (TPSA) is 35.0 Å². The molecule has 0 aliphatic heterocycles. The third kappa shape index (κ3) is 5.74. The lowest BCUT2D eigenvalue weighted by Crippen LogP contribution is -1.99. The molecule has 0 N–H and O–H groups in total. The van der Waals surface area contributed by atoms with Crippen LogP contribution in [0.5, 0.6) is 5.75 Å². The minimum Gasteiger partial charge on any atom is -0.490 e. The van der Waals surface area contributed by atoms with Gasteiger partial charge in [0.15, 0.2) is 23.2 Å². The van der Waals surface area contributed by atoms with E-state index in [9.17, 15) is 8.78 Å². The summed E-state index contributed by atoms with van der Waals surface area (Å²) in [6.45, 7) is 2.82. The average Bonchev–Trinajstić information content (AvgIpc) is 2.86. The second kappa shape index (κ2) is 11.1. The van der Waals surface area contributed by atoms with Crippen LogP contribution in [0.3, 0.4) is 0 Å². The Bertz CT molecular complexity index is 1260. The van der Waals surface area contributed by atoms with Gasteiger partial charge in [0.2, 0.25) is 0 Å².